The van der Waals surface area contributed by atoms with Crippen LogP contribution >= 0.6 is 0 Å². The van der Waals surface area contributed by atoms with Gasteiger partial charge in [-0.2, -0.15) is 15.8 Å². The predicted octanol–water partition coefficient (Wildman–Crippen LogP) is 17.6. The topological polar surface area (TPSA) is 372 Å². The molecule has 6 aliphatic heterocycles. The Hall–Kier alpha value is -12.8. The van der Waals surface area contributed by atoms with Crippen LogP contribution in [0.25, 0.3) is 0 Å². The minimum atomic E-state index is -3.13. The fourth-order valence-electron chi connectivity index (χ4n) is 18.8. The van der Waals surface area contributed by atoms with E-state index in [-0.39, 0.29) is 11.8 Å². The minimum absolute atomic E-state index is 0.0109. The molecule has 9 heterocycles. The van der Waals surface area contributed by atoms with E-state index in [4.69, 9.17) is 14.3 Å². The number of hydrogen-bond donors (Lipinski definition) is 3. The second-order valence-corrected chi connectivity index (χ2v) is 45.3. The summed E-state index contributed by atoms with van der Waals surface area (Å²) in [5.74, 6) is 2.49. The quantitative estimate of drug-likeness (QED) is 0.0718. The molecule has 6 aliphatic rings. The molecule has 15 rings (SSSR count). The molecule has 3 aromatic heterocycles. The fourth-order valence-corrected chi connectivity index (χ4v) is 22.2. The molecule has 0 saturated carbocycles. The molecule has 0 unspecified atom stereocenters. The van der Waals surface area contributed by atoms with Gasteiger partial charge in [0, 0.05) is 166 Å². The van der Waals surface area contributed by atoms with E-state index in [9.17, 15) is 57.5 Å². The van der Waals surface area contributed by atoms with Gasteiger partial charge in [0.25, 0.3) is 11.8 Å². The van der Waals surface area contributed by atoms with Gasteiger partial charge in [-0.25, -0.2) is 46.7 Å². The molecule has 0 bridgehead atoms. The van der Waals surface area contributed by atoms with E-state index in [0.29, 0.717) is 113 Å². The van der Waals surface area contributed by atoms with Gasteiger partial charge in [0.1, 0.15) is 46.9 Å². The first-order chi connectivity index (χ1) is 65.6. The summed E-state index contributed by atoms with van der Waals surface area (Å²) in [6.07, 6.45) is 16.6. The third kappa shape index (κ3) is 27.4. The lowest BCUT2D eigenvalue weighted by atomic mass is 9.86. The number of anilines is 6. The van der Waals surface area contributed by atoms with Crippen molar-refractivity contribution >= 4 is 93.7 Å². The van der Waals surface area contributed by atoms with Crippen molar-refractivity contribution in [1.82, 2.24) is 30.1 Å². The summed E-state index contributed by atoms with van der Waals surface area (Å²) >= 11 is 0. The van der Waals surface area contributed by atoms with Gasteiger partial charge in [0.15, 0.2) is 0 Å². The van der Waals surface area contributed by atoms with Gasteiger partial charge in [-0.15, -0.1) is 8.73 Å². The maximum atomic E-state index is 13.9. The number of para-hydroxylation sites is 3. The Labute approximate surface area is 815 Å². The first kappa shape index (κ1) is 104. The highest BCUT2D eigenvalue weighted by Gasteiger charge is 2.34. The zero-order valence-electron chi connectivity index (χ0n) is 82.3. The molecule has 4 amide bonds. The molecule has 730 valence electrons. The number of hydrogen-bond acceptors (Lipinski definition) is 24. The van der Waals surface area contributed by atoms with E-state index in [2.05, 4.69) is 112 Å². The highest BCUT2D eigenvalue weighted by Crippen LogP contribution is 2.37. The van der Waals surface area contributed by atoms with Crippen molar-refractivity contribution in [3.63, 3.8) is 0 Å². The van der Waals surface area contributed by atoms with Crippen molar-refractivity contribution in [1.29, 1.82) is 20.6 Å². The van der Waals surface area contributed by atoms with Gasteiger partial charge < -0.3 is 59.1 Å². The number of benzene rings is 6. The summed E-state index contributed by atoms with van der Waals surface area (Å²) in [6, 6.07) is 52.8. The molecule has 138 heavy (non-hydrogen) atoms. The SMILES string of the molecule is CC(C)(C)OC(=O)N=[S@@](C)(=O)c1cccnc1N1CCNCC1.Cc1cc(C)c(C(=O)N2CCN(c3ncccc3[S@@](C)(=N)=O)CC2)cc1CC1CCN(c2ccccc2C#N)CC1.Cc1cc(C)c(C(=O)N2CCN(c3ncccc3[S@](C)(=O)=NC(=O)OC(C)(C)C)CC2)cc1CC1CCN(c2ccccc2C#N)CC1.Cc1cc(C)c(C(=O)O)cc1CC1CCN(c2ccccc2C#N)CC1. The van der Waals surface area contributed by atoms with Crippen LogP contribution in [-0.4, -0.2) is 220 Å². The van der Waals surface area contributed by atoms with Crippen molar-refractivity contribution in [2.45, 2.75) is 167 Å². The number of rotatable bonds is 18. The molecule has 3 atom stereocenters. The lowest BCUT2D eigenvalue weighted by molar-refractivity contribution is 0.0595. The maximum Gasteiger partial charge on any atom is 0.442 e. The average molecular weight is 1930 g/mol. The van der Waals surface area contributed by atoms with Crippen LogP contribution in [0.15, 0.2) is 188 Å². The molecular weight excluding hydrogens is 1800 g/mol. The molecule has 32 heteroatoms. The Morgan fingerprint density at radius 1 is 0.406 bits per heavy atom. The third-order valence-corrected chi connectivity index (χ3v) is 30.5. The van der Waals surface area contributed by atoms with Gasteiger partial charge in [0.05, 0.1) is 83.2 Å². The van der Waals surface area contributed by atoms with Gasteiger partial charge in [-0.1, -0.05) is 54.6 Å². The van der Waals surface area contributed by atoms with E-state index in [1.165, 1.54) is 46.6 Å². The number of piperazine rings is 3. The first-order valence-electron chi connectivity index (χ1n) is 47.4. The molecule has 0 spiro atoms. The molecule has 29 nitrogen and oxygen atoms in total. The van der Waals surface area contributed by atoms with Crippen molar-refractivity contribution in [2.24, 2.45) is 26.5 Å². The largest absolute Gasteiger partial charge is 0.478 e. The minimum Gasteiger partial charge on any atom is -0.478 e. The van der Waals surface area contributed by atoms with Crippen LogP contribution in [0, 0.1) is 98.1 Å². The number of carbonyl (C=O) groups excluding carboxylic acids is 4. The number of pyridine rings is 3. The van der Waals surface area contributed by atoms with Crippen LogP contribution in [0.5, 0.6) is 0 Å². The number of aromatic carboxylic acids is 1. The smallest absolute Gasteiger partial charge is 0.442 e. The van der Waals surface area contributed by atoms with E-state index in [0.717, 1.165) is 185 Å². The highest BCUT2D eigenvalue weighted by molar-refractivity contribution is 7.93. The lowest BCUT2D eigenvalue weighted by Crippen LogP contribution is -2.49. The Balaban J connectivity index is 0.000000172. The summed E-state index contributed by atoms with van der Waals surface area (Å²) in [4.78, 5) is 94.7. The predicted molar refractivity (Wildman–Crippen MR) is 545 cm³/mol. The van der Waals surface area contributed by atoms with Gasteiger partial charge in [-0.05, 0) is 300 Å². The van der Waals surface area contributed by atoms with E-state index < -0.39 is 58.5 Å². The number of nitriles is 3. The molecule has 6 fully saturated rings. The number of nitrogens with zero attached hydrogens (tertiary/aromatic N) is 16. The number of nitrogens with one attached hydrogen (secondary N) is 2. The molecular formula is C106H132N18O11S3. The molecule has 0 radical (unpaired) electrons. The normalized spacial score (nSPS) is 17.0. The Kier molecular flexibility index (Phi) is 34.8. The standard InChI is InChI=1S/C37H46N6O4S.C32H38N6O2S.C22H24N2O2.C15H24N4O3S/c1-26-22-27(2)31(24-30(26)23-28-13-16-41(17-14-28)32-11-8-7-10-29(32)25-38)35(44)43-20-18-42(19-21-43)34-33(12-9-15-39-34)48(6,46)40-36(45)47-37(3,4)5;1-23-19-24(2)28(21-27(23)20-25-10-13-36(14-11-25)29-8-5-4-7-26(29)22-33)32(39)38-17-15-37(16-18-38)31-30(41(3,34)40)9-6-12-35-31;1-15-11-16(2)20(22(25)26)13-19(15)12-17-7-9-24(10-8-17)21-6-4-3-5-18(21)14-23;1-15(2,3)22-14(20)18-23(4,21)12-6-5-7-17-13(12)19-10-8-16-9-11-19/h7-12,15,22,24,28H,13-14,16-21,23H2,1-6H3;4-9,12,19,21,25,34H,10-11,13-18,20H2,1-3H3;3-6,11,13,17H,7-10,12H2,1-2H3,(H,25,26);5-7,16H,8-11H2,1-4H3/t48-;41-;;23-/m00.0/s1. The van der Waals surface area contributed by atoms with Crippen molar-refractivity contribution in [3.05, 3.63) is 248 Å². The Morgan fingerprint density at radius 2 is 0.696 bits per heavy atom. The van der Waals surface area contributed by atoms with Gasteiger partial charge in [-0.3, -0.25) is 9.59 Å². The van der Waals surface area contributed by atoms with Crippen LogP contribution in [0.3, 0.4) is 0 Å². The summed E-state index contributed by atoms with van der Waals surface area (Å²) in [5.41, 5.74) is 15.7. The number of carbonyl (C=O) groups is 5. The molecule has 0 aliphatic carbocycles. The van der Waals surface area contributed by atoms with Crippen LogP contribution in [-0.2, 0) is 57.9 Å². The molecule has 3 N–H and O–H groups in total. The monoisotopic (exact) mass is 1930 g/mol. The van der Waals surface area contributed by atoms with Crippen molar-refractivity contribution < 1.29 is 51.2 Å². The Morgan fingerprint density at radius 3 is 1.00 bits per heavy atom. The molecule has 6 aromatic carbocycles. The van der Waals surface area contributed by atoms with Crippen molar-refractivity contribution in [2.75, 3.05) is 166 Å². The number of carboxylic acid groups (broad SMARTS) is 1. The number of aromatic nitrogens is 3. The van der Waals surface area contributed by atoms with Gasteiger partial charge in [0.2, 0.25) is 0 Å². The van der Waals surface area contributed by atoms with Crippen LogP contribution in [0.1, 0.15) is 178 Å². The molecule has 6 saturated heterocycles. The lowest BCUT2D eigenvalue weighted by Gasteiger charge is -2.36. The summed E-state index contributed by atoms with van der Waals surface area (Å²) < 4.78 is 65.3. The molecule has 9 aromatic rings. The Bertz CT molecular complexity index is 6450. The zero-order chi connectivity index (χ0) is 99.6. The van der Waals surface area contributed by atoms with Crippen LogP contribution < -0.4 is 34.7 Å². The van der Waals surface area contributed by atoms with E-state index in [1.54, 1.807) is 96.5 Å². The summed E-state index contributed by atoms with van der Waals surface area (Å²) in [5, 5.41) is 40.9. The summed E-state index contributed by atoms with van der Waals surface area (Å²) in [6.45, 7) is 35.6. The number of carboxylic acids is 1. The van der Waals surface area contributed by atoms with E-state index in [1.807, 2.05) is 125 Å². The number of ether oxygens (including phenoxy) is 2. The van der Waals surface area contributed by atoms with Crippen molar-refractivity contribution in [3.8, 4) is 18.2 Å². The highest BCUT2D eigenvalue weighted by atomic mass is 32.2. The first-order valence-corrected chi connectivity index (χ1v) is 53.2. The number of amides is 4. The number of piperidine rings is 3. The average Bonchev–Trinajstić information content (AvgIpc) is 0.791. The zero-order valence-corrected chi connectivity index (χ0v) is 84.8. The maximum absolute atomic E-state index is 13.9. The third-order valence-electron chi connectivity index (χ3n) is 26.1. The fraction of sp³-hybridized carbons (Fsp3) is 0.443. The van der Waals surface area contributed by atoms with Crippen LogP contribution in [0.4, 0.5) is 44.1 Å². The van der Waals surface area contributed by atoms with Gasteiger partial charge >= 0.3 is 18.2 Å². The summed E-state index contributed by atoms with van der Waals surface area (Å²) in [7, 11) is -8.97. The second kappa shape index (κ2) is 46.1. The second-order valence-electron chi connectivity index (χ2n) is 38.7. The van der Waals surface area contributed by atoms with Crippen LogP contribution in [0.2, 0.25) is 0 Å². The number of aryl methyl sites for hydroxylation is 6. The van der Waals surface area contributed by atoms with E-state index >= 15 is 0 Å².